The number of carbonyl (C=O) groups is 1. The molecule has 3 rings (SSSR count). The number of halogens is 1. The topological polar surface area (TPSA) is 64.4 Å². The molecule has 3 aliphatic rings. The Labute approximate surface area is 121 Å². The number of hydrogen-bond donors (Lipinski definition) is 2. The Balaban J connectivity index is 0.00000133. The largest absolute Gasteiger partial charge is 0.373 e. The lowest BCUT2D eigenvalue weighted by molar-refractivity contribution is -0.128. The predicted molar refractivity (Wildman–Crippen MR) is 76.1 cm³/mol. The fraction of sp³-hybridized carbons (Fsp3) is 0.929. The molecule has 2 bridgehead atoms. The minimum Gasteiger partial charge on any atom is -0.373 e. The van der Waals surface area contributed by atoms with Gasteiger partial charge >= 0.3 is 0 Å². The van der Waals surface area contributed by atoms with Crippen LogP contribution in [0, 0.1) is 17.8 Å². The van der Waals surface area contributed by atoms with E-state index in [9.17, 15) is 4.79 Å². The van der Waals surface area contributed by atoms with E-state index in [1.165, 1.54) is 12.8 Å². The second kappa shape index (κ2) is 5.58. The maximum absolute atomic E-state index is 12.3. The molecule has 2 saturated carbocycles. The summed E-state index contributed by atoms with van der Waals surface area (Å²) < 4.78 is 5.70. The molecule has 1 amide bonds. The van der Waals surface area contributed by atoms with Gasteiger partial charge in [0, 0.05) is 19.2 Å². The van der Waals surface area contributed by atoms with Crippen LogP contribution in [0.25, 0.3) is 0 Å². The van der Waals surface area contributed by atoms with Gasteiger partial charge in [-0.05, 0) is 50.9 Å². The van der Waals surface area contributed by atoms with Gasteiger partial charge in [0.05, 0.1) is 11.5 Å². The van der Waals surface area contributed by atoms with Gasteiger partial charge in [-0.1, -0.05) is 0 Å². The van der Waals surface area contributed by atoms with Crippen molar-refractivity contribution in [1.82, 2.24) is 5.32 Å². The normalized spacial score (nSPS) is 44.1. The third kappa shape index (κ3) is 2.76. The molecule has 1 heterocycles. The van der Waals surface area contributed by atoms with Crippen molar-refractivity contribution in [2.45, 2.75) is 50.7 Å². The second-order valence-electron chi connectivity index (χ2n) is 6.56. The molecule has 0 aromatic heterocycles. The van der Waals surface area contributed by atoms with E-state index in [1.807, 2.05) is 0 Å². The molecule has 19 heavy (non-hydrogen) atoms. The molecular formula is C14H25ClN2O2. The lowest BCUT2D eigenvalue weighted by atomic mass is 9.84. The number of nitrogens with one attached hydrogen (secondary N) is 1. The third-order valence-electron chi connectivity index (χ3n) is 5.22. The smallest absolute Gasteiger partial charge is 0.225 e. The van der Waals surface area contributed by atoms with Crippen LogP contribution in [0.4, 0.5) is 0 Å². The van der Waals surface area contributed by atoms with Crippen molar-refractivity contribution in [2.75, 3.05) is 13.2 Å². The highest BCUT2D eigenvalue weighted by atomic mass is 35.5. The molecule has 5 heteroatoms. The monoisotopic (exact) mass is 288 g/mol. The third-order valence-corrected chi connectivity index (χ3v) is 5.22. The predicted octanol–water partition coefficient (Wildman–Crippen LogP) is 1.47. The van der Waals surface area contributed by atoms with Crippen molar-refractivity contribution >= 4 is 18.3 Å². The molecule has 0 aromatic carbocycles. The van der Waals surface area contributed by atoms with Gasteiger partial charge < -0.3 is 15.8 Å². The molecule has 4 nitrogen and oxygen atoms in total. The van der Waals surface area contributed by atoms with Gasteiger partial charge in [0.2, 0.25) is 5.91 Å². The summed E-state index contributed by atoms with van der Waals surface area (Å²) in [6.45, 7) is 3.54. The minimum atomic E-state index is -0.155. The van der Waals surface area contributed by atoms with E-state index in [0.717, 1.165) is 25.9 Å². The van der Waals surface area contributed by atoms with Crippen molar-refractivity contribution in [3.63, 3.8) is 0 Å². The summed E-state index contributed by atoms with van der Waals surface area (Å²) >= 11 is 0. The zero-order valence-corrected chi connectivity index (χ0v) is 12.4. The summed E-state index contributed by atoms with van der Waals surface area (Å²) in [5, 5.41) is 3.08. The van der Waals surface area contributed by atoms with Crippen LogP contribution >= 0.6 is 12.4 Å². The zero-order valence-electron chi connectivity index (χ0n) is 11.6. The Morgan fingerprint density at radius 2 is 2.16 bits per heavy atom. The van der Waals surface area contributed by atoms with Gasteiger partial charge in [-0.3, -0.25) is 4.79 Å². The molecule has 0 radical (unpaired) electrons. The van der Waals surface area contributed by atoms with E-state index in [1.54, 1.807) is 0 Å². The van der Waals surface area contributed by atoms with E-state index >= 15 is 0 Å². The maximum Gasteiger partial charge on any atom is 0.225 e. The number of carbonyl (C=O) groups excluding carboxylic acids is 1. The standard InChI is InChI=1S/C14H24N2O2.ClH/c1-14(5-2-6-18-14)8-16-13(17)11-9-3-4-10(7-9)12(11)15;/h9-12H,2-8,15H2,1H3,(H,16,17);1H. The van der Waals surface area contributed by atoms with Gasteiger partial charge in [-0.15, -0.1) is 12.4 Å². The average Bonchev–Trinajstić information content (AvgIpc) is 3.02. The van der Waals surface area contributed by atoms with Gasteiger partial charge in [0.15, 0.2) is 0 Å². The molecule has 5 unspecified atom stereocenters. The number of rotatable bonds is 3. The van der Waals surface area contributed by atoms with Crippen LogP contribution in [0.1, 0.15) is 39.0 Å². The number of ether oxygens (including phenoxy) is 1. The van der Waals surface area contributed by atoms with Crippen LogP contribution in [0.3, 0.4) is 0 Å². The highest BCUT2D eigenvalue weighted by Crippen LogP contribution is 2.47. The summed E-state index contributed by atoms with van der Waals surface area (Å²) in [6.07, 6.45) is 5.70. The van der Waals surface area contributed by atoms with Crippen LogP contribution in [-0.2, 0) is 9.53 Å². The van der Waals surface area contributed by atoms with E-state index in [0.29, 0.717) is 18.4 Å². The Kier molecular flexibility index (Phi) is 4.43. The van der Waals surface area contributed by atoms with Gasteiger partial charge in [-0.2, -0.15) is 0 Å². The average molecular weight is 289 g/mol. The maximum atomic E-state index is 12.3. The molecule has 0 aromatic rings. The molecule has 1 saturated heterocycles. The fourth-order valence-corrected chi connectivity index (χ4v) is 4.09. The van der Waals surface area contributed by atoms with E-state index in [-0.39, 0.29) is 35.9 Å². The lowest BCUT2D eigenvalue weighted by Gasteiger charge is -2.29. The van der Waals surface area contributed by atoms with Crippen LogP contribution in [0.2, 0.25) is 0 Å². The second-order valence-corrected chi connectivity index (χ2v) is 6.56. The van der Waals surface area contributed by atoms with Crippen LogP contribution in [-0.4, -0.2) is 30.7 Å². The quantitative estimate of drug-likeness (QED) is 0.826. The first kappa shape index (κ1) is 15.1. The van der Waals surface area contributed by atoms with Crippen molar-refractivity contribution in [1.29, 1.82) is 0 Å². The fourth-order valence-electron chi connectivity index (χ4n) is 4.09. The van der Waals surface area contributed by atoms with Gasteiger partial charge in [-0.25, -0.2) is 0 Å². The molecule has 0 spiro atoms. The molecular weight excluding hydrogens is 264 g/mol. The number of amides is 1. The molecule has 3 fully saturated rings. The Hall–Kier alpha value is -0.320. The number of fused-ring (bicyclic) bond motifs is 2. The van der Waals surface area contributed by atoms with Crippen LogP contribution in [0.15, 0.2) is 0 Å². The Morgan fingerprint density at radius 3 is 2.74 bits per heavy atom. The van der Waals surface area contributed by atoms with E-state index in [4.69, 9.17) is 10.5 Å². The first-order valence-corrected chi connectivity index (χ1v) is 7.26. The minimum absolute atomic E-state index is 0. The highest BCUT2D eigenvalue weighted by Gasteiger charge is 2.49. The first-order chi connectivity index (χ1) is 8.59. The van der Waals surface area contributed by atoms with Crippen molar-refractivity contribution in [3.8, 4) is 0 Å². The molecule has 5 atom stereocenters. The zero-order chi connectivity index (χ0) is 12.8. The SMILES string of the molecule is CC1(CNC(=O)C2C3CCC(C3)C2N)CCCO1.Cl. The van der Waals surface area contributed by atoms with Gasteiger partial charge in [0.1, 0.15) is 0 Å². The van der Waals surface area contributed by atoms with E-state index in [2.05, 4.69) is 12.2 Å². The summed E-state index contributed by atoms with van der Waals surface area (Å²) in [5.41, 5.74) is 6.03. The lowest BCUT2D eigenvalue weighted by Crippen LogP contribution is -2.48. The van der Waals surface area contributed by atoms with Crippen molar-refractivity contribution in [2.24, 2.45) is 23.5 Å². The number of hydrogen-bond acceptors (Lipinski definition) is 3. The molecule has 1 aliphatic heterocycles. The highest BCUT2D eigenvalue weighted by molar-refractivity contribution is 5.85. The van der Waals surface area contributed by atoms with Crippen LogP contribution in [0.5, 0.6) is 0 Å². The molecule has 110 valence electrons. The van der Waals surface area contributed by atoms with Crippen molar-refractivity contribution < 1.29 is 9.53 Å². The Morgan fingerprint density at radius 1 is 1.42 bits per heavy atom. The molecule has 2 aliphatic carbocycles. The number of nitrogens with two attached hydrogens (primary N) is 1. The summed E-state index contributed by atoms with van der Waals surface area (Å²) in [4.78, 5) is 12.3. The Bertz CT molecular complexity index is 342. The van der Waals surface area contributed by atoms with Crippen LogP contribution < -0.4 is 11.1 Å². The summed E-state index contributed by atoms with van der Waals surface area (Å²) in [5.74, 6) is 1.33. The van der Waals surface area contributed by atoms with Gasteiger partial charge in [0.25, 0.3) is 0 Å². The summed E-state index contributed by atoms with van der Waals surface area (Å²) in [7, 11) is 0. The van der Waals surface area contributed by atoms with Crippen molar-refractivity contribution in [3.05, 3.63) is 0 Å². The molecule has 3 N–H and O–H groups in total. The first-order valence-electron chi connectivity index (χ1n) is 7.26. The summed E-state index contributed by atoms with van der Waals surface area (Å²) in [6, 6.07) is 0.0843. The van der Waals surface area contributed by atoms with E-state index < -0.39 is 0 Å².